The number of rotatable bonds is 5. The molecule has 0 fully saturated rings. The second kappa shape index (κ2) is 7.55. The molecule has 146 valence electrons. The number of ether oxygens (including phenoxy) is 1. The lowest BCUT2D eigenvalue weighted by Gasteiger charge is -2.34. The van der Waals surface area contributed by atoms with Crippen LogP contribution in [-0.4, -0.2) is 18.2 Å². The fraction of sp³-hybridized carbons (Fsp3) is 0.292. The molecule has 3 aromatic carbocycles. The number of anilines is 1. The van der Waals surface area contributed by atoms with E-state index in [0.29, 0.717) is 5.69 Å². The van der Waals surface area contributed by atoms with Crippen LogP contribution in [0, 0.1) is 19.3 Å². The molecule has 0 spiro atoms. The monoisotopic (exact) mass is 377 g/mol. The molecule has 0 bridgehead atoms. The second-order valence-electron chi connectivity index (χ2n) is 7.84. The molecule has 3 rings (SSSR count). The molecule has 2 N–H and O–H groups in total. The standard InChI is InChI=1S/C24H27NO3/c1-15-13-16(2)21(26)20(14-15)25-22(24(3,4)23(27)28-5)19-12-8-10-17-9-6-7-11-18(17)19/h6-14,22,25-26H,1-5H3/t22-/m0/s1. The molecule has 3 aromatic rings. The molecule has 0 aromatic heterocycles. The number of hydrogen-bond acceptors (Lipinski definition) is 4. The van der Waals surface area contributed by atoms with Crippen LogP contribution in [0.1, 0.15) is 36.6 Å². The SMILES string of the molecule is COC(=O)C(C)(C)[C@@H](Nc1cc(C)cc(C)c1O)c1cccc2ccccc12. The normalized spacial score (nSPS) is 12.6. The number of nitrogens with one attached hydrogen (secondary N) is 1. The first-order valence-corrected chi connectivity index (χ1v) is 9.38. The molecule has 0 radical (unpaired) electrons. The van der Waals surface area contributed by atoms with E-state index in [1.165, 1.54) is 7.11 Å². The number of carbonyl (C=O) groups excluding carboxylic acids is 1. The third-order valence-electron chi connectivity index (χ3n) is 5.31. The van der Waals surface area contributed by atoms with Crippen molar-refractivity contribution in [1.82, 2.24) is 0 Å². The molecule has 1 atom stereocenters. The number of esters is 1. The van der Waals surface area contributed by atoms with E-state index in [-0.39, 0.29) is 11.7 Å². The highest BCUT2D eigenvalue weighted by Gasteiger charge is 2.40. The number of benzene rings is 3. The molecule has 0 heterocycles. The highest BCUT2D eigenvalue weighted by atomic mass is 16.5. The van der Waals surface area contributed by atoms with Gasteiger partial charge in [0.05, 0.1) is 24.3 Å². The number of carbonyl (C=O) groups is 1. The second-order valence-corrected chi connectivity index (χ2v) is 7.84. The van der Waals surface area contributed by atoms with Crippen LogP contribution in [0.4, 0.5) is 5.69 Å². The van der Waals surface area contributed by atoms with Gasteiger partial charge < -0.3 is 15.2 Å². The molecule has 0 saturated heterocycles. The third kappa shape index (κ3) is 3.55. The summed E-state index contributed by atoms with van der Waals surface area (Å²) < 4.78 is 5.10. The maximum Gasteiger partial charge on any atom is 0.313 e. The molecular formula is C24H27NO3. The van der Waals surface area contributed by atoms with Crippen LogP contribution in [0.2, 0.25) is 0 Å². The highest BCUT2D eigenvalue weighted by Crippen LogP contribution is 2.42. The topological polar surface area (TPSA) is 58.6 Å². The minimum atomic E-state index is -0.872. The molecule has 0 saturated carbocycles. The lowest BCUT2D eigenvalue weighted by molar-refractivity contribution is -0.151. The Labute approximate surface area is 166 Å². The Bertz CT molecular complexity index is 1020. The summed E-state index contributed by atoms with van der Waals surface area (Å²) in [5.41, 5.74) is 2.53. The summed E-state index contributed by atoms with van der Waals surface area (Å²) >= 11 is 0. The fourth-order valence-electron chi connectivity index (χ4n) is 3.76. The van der Waals surface area contributed by atoms with Crippen molar-refractivity contribution in [3.8, 4) is 5.75 Å². The van der Waals surface area contributed by atoms with Crippen molar-refractivity contribution in [3.05, 3.63) is 71.3 Å². The summed E-state index contributed by atoms with van der Waals surface area (Å²) in [6.07, 6.45) is 0. The molecule has 0 unspecified atom stereocenters. The highest BCUT2D eigenvalue weighted by molar-refractivity contribution is 5.88. The van der Waals surface area contributed by atoms with Gasteiger partial charge in [0, 0.05) is 0 Å². The van der Waals surface area contributed by atoms with E-state index >= 15 is 0 Å². The van der Waals surface area contributed by atoms with Gasteiger partial charge in [-0.3, -0.25) is 4.79 Å². The molecule has 0 aliphatic carbocycles. The van der Waals surface area contributed by atoms with Crippen molar-refractivity contribution >= 4 is 22.4 Å². The molecule has 0 amide bonds. The van der Waals surface area contributed by atoms with Gasteiger partial charge in [0.1, 0.15) is 5.75 Å². The van der Waals surface area contributed by atoms with Gasteiger partial charge in [0.2, 0.25) is 0 Å². The Morgan fingerprint density at radius 1 is 1.07 bits per heavy atom. The number of phenols is 1. The average molecular weight is 377 g/mol. The first kappa shape index (κ1) is 19.7. The van der Waals surface area contributed by atoms with Crippen molar-refractivity contribution in [2.45, 2.75) is 33.7 Å². The van der Waals surface area contributed by atoms with Crippen molar-refractivity contribution in [2.75, 3.05) is 12.4 Å². The van der Waals surface area contributed by atoms with E-state index in [9.17, 15) is 9.90 Å². The van der Waals surface area contributed by atoms with E-state index in [2.05, 4.69) is 17.4 Å². The van der Waals surface area contributed by atoms with Crippen LogP contribution in [0.15, 0.2) is 54.6 Å². The Kier molecular flexibility index (Phi) is 5.32. The molecule has 4 nitrogen and oxygen atoms in total. The van der Waals surface area contributed by atoms with E-state index in [1.54, 1.807) is 0 Å². The minimum Gasteiger partial charge on any atom is -0.506 e. The third-order valence-corrected chi connectivity index (χ3v) is 5.31. The van der Waals surface area contributed by atoms with Gasteiger partial charge in [-0.05, 0) is 61.2 Å². The van der Waals surface area contributed by atoms with Gasteiger partial charge in [-0.25, -0.2) is 0 Å². The molecule has 28 heavy (non-hydrogen) atoms. The number of methoxy groups -OCH3 is 1. The number of hydrogen-bond donors (Lipinski definition) is 2. The van der Waals surface area contributed by atoms with Crippen LogP contribution < -0.4 is 5.32 Å². The van der Waals surface area contributed by atoms with E-state index in [1.807, 2.05) is 70.2 Å². The lowest BCUT2D eigenvalue weighted by atomic mass is 9.78. The van der Waals surface area contributed by atoms with Gasteiger partial charge >= 0.3 is 5.97 Å². The number of aromatic hydroxyl groups is 1. The zero-order valence-corrected chi connectivity index (χ0v) is 17.0. The van der Waals surface area contributed by atoms with Crippen LogP contribution in [0.5, 0.6) is 5.75 Å². The molecule has 4 heteroatoms. The minimum absolute atomic E-state index is 0.191. The fourth-order valence-corrected chi connectivity index (χ4v) is 3.76. The largest absolute Gasteiger partial charge is 0.506 e. The summed E-state index contributed by atoms with van der Waals surface area (Å²) in [5.74, 6) is -0.127. The molecule has 0 aliphatic heterocycles. The quantitative estimate of drug-likeness (QED) is 0.454. The average Bonchev–Trinajstić information content (AvgIpc) is 2.68. The van der Waals surface area contributed by atoms with Crippen LogP contribution in [-0.2, 0) is 9.53 Å². The summed E-state index contributed by atoms with van der Waals surface area (Å²) in [4.78, 5) is 12.7. The van der Waals surface area contributed by atoms with E-state index < -0.39 is 11.5 Å². The van der Waals surface area contributed by atoms with Crippen molar-refractivity contribution in [2.24, 2.45) is 5.41 Å². The summed E-state index contributed by atoms with van der Waals surface area (Å²) in [6, 6.07) is 17.6. The van der Waals surface area contributed by atoms with Crippen LogP contribution in [0.25, 0.3) is 10.8 Å². The number of phenolic OH excluding ortho intramolecular Hbond substituents is 1. The van der Waals surface area contributed by atoms with Gasteiger partial charge in [-0.2, -0.15) is 0 Å². The number of fused-ring (bicyclic) bond motifs is 1. The molecule has 0 aliphatic rings. The van der Waals surface area contributed by atoms with E-state index in [4.69, 9.17) is 4.74 Å². The zero-order chi connectivity index (χ0) is 20.5. The van der Waals surface area contributed by atoms with Crippen LogP contribution in [0.3, 0.4) is 0 Å². The van der Waals surface area contributed by atoms with Crippen molar-refractivity contribution in [1.29, 1.82) is 0 Å². The predicted molar refractivity (Wildman–Crippen MR) is 114 cm³/mol. The lowest BCUT2D eigenvalue weighted by Crippen LogP contribution is -2.37. The van der Waals surface area contributed by atoms with Gasteiger partial charge in [0.15, 0.2) is 0 Å². The zero-order valence-electron chi connectivity index (χ0n) is 17.0. The Balaban J connectivity index is 2.20. The van der Waals surface area contributed by atoms with Crippen molar-refractivity contribution < 1.29 is 14.6 Å². The maximum absolute atomic E-state index is 12.7. The smallest absolute Gasteiger partial charge is 0.313 e. The van der Waals surface area contributed by atoms with Gasteiger partial charge in [-0.15, -0.1) is 0 Å². The summed E-state index contributed by atoms with van der Waals surface area (Å²) in [5, 5.41) is 16.2. The summed E-state index contributed by atoms with van der Waals surface area (Å²) in [6.45, 7) is 7.57. The van der Waals surface area contributed by atoms with Crippen molar-refractivity contribution in [3.63, 3.8) is 0 Å². The first-order chi connectivity index (χ1) is 13.3. The Hall–Kier alpha value is -3.01. The van der Waals surface area contributed by atoms with Gasteiger partial charge in [0.25, 0.3) is 0 Å². The number of aryl methyl sites for hydroxylation is 2. The summed E-state index contributed by atoms with van der Waals surface area (Å²) in [7, 11) is 1.40. The predicted octanol–water partition coefficient (Wildman–Crippen LogP) is 5.51. The van der Waals surface area contributed by atoms with Crippen LogP contribution >= 0.6 is 0 Å². The van der Waals surface area contributed by atoms with E-state index in [0.717, 1.165) is 27.5 Å². The molecular weight excluding hydrogens is 350 g/mol. The Morgan fingerprint density at radius 2 is 1.75 bits per heavy atom. The van der Waals surface area contributed by atoms with Gasteiger partial charge in [-0.1, -0.05) is 48.5 Å². The maximum atomic E-state index is 12.7. The first-order valence-electron chi connectivity index (χ1n) is 9.38. The Morgan fingerprint density at radius 3 is 2.46 bits per heavy atom.